The largest absolute Gasteiger partial charge is 0.488 e. The van der Waals surface area contributed by atoms with Crippen LogP contribution in [0.25, 0.3) is 0 Å². The lowest BCUT2D eigenvalue weighted by Crippen LogP contribution is -2.33. The van der Waals surface area contributed by atoms with Gasteiger partial charge in [0, 0.05) is 44.4 Å². The van der Waals surface area contributed by atoms with Crippen molar-refractivity contribution in [1.82, 2.24) is 9.47 Å². The summed E-state index contributed by atoms with van der Waals surface area (Å²) in [5.74, 6) is -0.00860. The van der Waals surface area contributed by atoms with E-state index in [0.717, 1.165) is 38.0 Å². The summed E-state index contributed by atoms with van der Waals surface area (Å²) in [6.45, 7) is 3.18. The number of hydrogen-bond acceptors (Lipinski definition) is 5. The van der Waals surface area contributed by atoms with Crippen molar-refractivity contribution < 1.29 is 18.7 Å². The van der Waals surface area contributed by atoms with E-state index < -0.39 is 5.97 Å². The van der Waals surface area contributed by atoms with Crippen LogP contribution >= 0.6 is 0 Å². The van der Waals surface area contributed by atoms with Gasteiger partial charge in [-0.2, -0.15) is 0 Å². The van der Waals surface area contributed by atoms with Crippen molar-refractivity contribution in [2.24, 2.45) is 5.92 Å². The fourth-order valence-electron chi connectivity index (χ4n) is 4.54. The second-order valence-corrected chi connectivity index (χ2v) is 8.43. The summed E-state index contributed by atoms with van der Waals surface area (Å²) in [5.41, 5.74) is 1.51. The number of halogens is 1. The maximum Gasteiger partial charge on any atom is 0.343 e. The predicted octanol–water partition coefficient (Wildman–Crippen LogP) is 3.57. The van der Waals surface area contributed by atoms with Gasteiger partial charge in [-0.05, 0) is 42.9 Å². The van der Waals surface area contributed by atoms with Gasteiger partial charge in [0.2, 0.25) is 0 Å². The van der Waals surface area contributed by atoms with E-state index in [0.29, 0.717) is 30.1 Å². The van der Waals surface area contributed by atoms with Crippen LogP contribution in [0.5, 0.6) is 5.75 Å². The zero-order chi connectivity index (χ0) is 22.5. The molecule has 4 rings (SSSR count). The summed E-state index contributed by atoms with van der Waals surface area (Å²) in [7, 11) is 1.33. The maximum absolute atomic E-state index is 13.2. The predicted molar refractivity (Wildman–Crippen MR) is 119 cm³/mol. The number of methoxy groups -OCH3 is 1. The lowest BCUT2D eigenvalue weighted by Gasteiger charge is -2.26. The van der Waals surface area contributed by atoms with E-state index in [4.69, 9.17) is 9.47 Å². The third kappa shape index (κ3) is 5.10. The molecular formula is C25H29FN2O4. The van der Waals surface area contributed by atoms with Gasteiger partial charge in [-0.1, -0.05) is 24.3 Å². The SMILES string of the molecule is COC(=O)c1c(OCc2ccc(F)cc2)cc(=O)n2c1CCN(C[C@@H]1CC=CCC1)CC2. The van der Waals surface area contributed by atoms with E-state index in [1.165, 1.54) is 31.7 Å². The fraction of sp³-hybridized carbons (Fsp3) is 0.440. The van der Waals surface area contributed by atoms with Gasteiger partial charge in [0.25, 0.3) is 5.56 Å². The minimum absolute atomic E-state index is 0.120. The molecule has 6 nitrogen and oxygen atoms in total. The van der Waals surface area contributed by atoms with Gasteiger partial charge < -0.3 is 18.9 Å². The molecule has 0 spiro atoms. The normalized spacial score (nSPS) is 18.6. The molecule has 1 aliphatic carbocycles. The molecule has 0 saturated heterocycles. The van der Waals surface area contributed by atoms with Crippen LogP contribution < -0.4 is 10.3 Å². The van der Waals surface area contributed by atoms with Crippen molar-refractivity contribution in [1.29, 1.82) is 0 Å². The molecule has 1 aromatic carbocycles. The highest BCUT2D eigenvalue weighted by atomic mass is 19.1. The molecule has 0 bridgehead atoms. The van der Waals surface area contributed by atoms with Crippen LogP contribution in [-0.2, 0) is 24.3 Å². The van der Waals surface area contributed by atoms with Gasteiger partial charge in [0.15, 0.2) is 0 Å². The van der Waals surface area contributed by atoms with E-state index in [1.807, 2.05) is 0 Å². The van der Waals surface area contributed by atoms with Crippen molar-refractivity contribution in [3.8, 4) is 5.75 Å². The Morgan fingerprint density at radius 2 is 1.97 bits per heavy atom. The van der Waals surface area contributed by atoms with Crippen molar-refractivity contribution in [3.05, 3.63) is 75.5 Å². The fourth-order valence-corrected chi connectivity index (χ4v) is 4.54. The number of nitrogens with zero attached hydrogens (tertiary/aromatic N) is 2. The van der Waals surface area contributed by atoms with Gasteiger partial charge in [0.1, 0.15) is 23.7 Å². The van der Waals surface area contributed by atoms with Crippen LogP contribution in [0.1, 0.15) is 40.9 Å². The number of aromatic nitrogens is 1. The van der Waals surface area contributed by atoms with Crippen LogP contribution in [0, 0.1) is 11.7 Å². The van der Waals surface area contributed by atoms with Crippen LogP contribution in [0.3, 0.4) is 0 Å². The molecule has 0 fully saturated rings. The first kappa shape index (κ1) is 22.3. The molecule has 0 unspecified atom stereocenters. The van der Waals surface area contributed by atoms with Gasteiger partial charge in [-0.3, -0.25) is 4.79 Å². The van der Waals surface area contributed by atoms with Gasteiger partial charge in [0.05, 0.1) is 7.11 Å². The molecule has 0 radical (unpaired) electrons. The summed E-state index contributed by atoms with van der Waals surface area (Å²) in [4.78, 5) is 28.0. The average Bonchev–Trinajstić information content (AvgIpc) is 3.02. The van der Waals surface area contributed by atoms with Crippen LogP contribution in [0.4, 0.5) is 4.39 Å². The number of carbonyl (C=O) groups is 1. The lowest BCUT2D eigenvalue weighted by atomic mass is 9.94. The van der Waals surface area contributed by atoms with Crippen LogP contribution in [-0.4, -0.2) is 42.2 Å². The number of allylic oxidation sites excluding steroid dienone is 2. The van der Waals surface area contributed by atoms with E-state index >= 15 is 0 Å². The summed E-state index contributed by atoms with van der Waals surface area (Å²) < 4.78 is 25.7. The highest BCUT2D eigenvalue weighted by molar-refractivity contribution is 5.93. The number of fused-ring (bicyclic) bond motifs is 1. The number of ether oxygens (including phenoxy) is 2. The first-order valence-electron chi connectivity index (χ1n) is 11.1. The van der Waals surface area contributed by atoms with Gasteiger partial charge >= 0.3 is 5.97 Å². The Kier molecular flexibility index (Phi) is 7.05. The first-order chi connectivity index (χ1) is 15.5. The number of esters is 1. The zero-order valence-electron chi connectivity index (χ0n) is 18.4. The standard InChI is InChI=1S/C25H29FN2O4/c1-31-25(30)24-21-11-12-27(16-18-5-3-2-4-6-18)13-14-28(21)23(29)15-22(24)32-17-19-7-9-20(26)10-8-19/h2-3,7-10,15,18H,4-6,11-14,16-17H2,1H3/t18-/m1/s1. The second kappa shape index (κ2) is 10.1. The van der Waals surface area contributed by atoms with Crippen molar-refractivity contribution >= 4 is 5.97 Å². The molecule has 1 aliphatic heterocycles. The summed E-state index contributed by atoms with van der Waals surface area (Å²) >= 11 is 0. The Morgan fingerprint density at radius 3 is 2.69 bits per heavy atom. The average molecular weight is 441 g/mol. The molecule has 2 heterocycles. The molecule has 1 aromatic heterocycles. The molecule has 2 aliphatic rings. The number of pyridine rings is 1. The number of carbonyl (C=O) groups excluding carboxylic acids is 1. The Hall–Kier alpha value is -2.93. The molecular weight excluding hydrogens is 411 g/mol. The molecule has 32 heavy (non-hydrogen) atoms. The Bertz CT molecular complexity index is 1050. The molecule has 0 amide bonds. The quantitative estimate of drug-likeness (QED) is 0.508. The molecule has 170 valence electrons. The van der Waals surface area contributed by atoms with Gasteiger partial charge in [-0.25, -0.2) is 9.18 Å². The van der Waals surface area contributed by atoms with E-state index in [2.05, 4.69) is 17.1 Å². The lowest BCUT2D eigenvalue weighted by molar-refractivity contribution is 0.0592. The zero-order valence-corrected chi connectivity index (χ0v) is 18.4. The molecule has 2 aromatic rings. The number of benzene rings is 1. The van der Waals surface area contributed by atoms with Crippen molar-refractivity contribution in [2.45, 2.75) is 38.8 Å². The summed E-state index contributed by atoms with van der Waals surface area (Å²) in [6.07, 6.45) is 8.47. The highest BCUT2D eigenvalue weighted by Gasteiger charge is 2.27. The van der Waals surface area contributed by atoms with Crippen molar-refractivity contribution in [2.75, 3.05) is 26.7 Å². The smallest absolute Gasteiger partial charge is 0.343 e. The Balaban J connectivity index is 1.57. The van der Waals surface area contributed by atoms with Crippen LogP contribution in [0.2, 0.25) is 0 Å². The topological polar surface area (TPSA) is 60.8 Å². The van der Waals surface area contributed by atoms with E-state index in [1.54, 1.807) is 16.7 Å². The number of rotatable bonds is 6. The third-order valence-corrected chi connectivity index (χ3v) is 6.28. The van der Waals surface area contributed by atoms with E-state index in [9.17, 15) is 14.0 Å². The molecule has 7 heteroatoms. The first-order valence-corrected chi connectivity index (χ1v) is 11.1. The number of hydrogen-bond donors (Lipinski definition) is 0. The van der Waals surface area contributed by atoms with Crippen molar-refractivity contribution in [3.63, 3.8) is 0 Å². The maximum atomic E-state index is 13.2. The minimum atomic E-state index is -0.520. The minimum Gasteiger partial charge on any atom is -0.488 e. The molecule has 1 atom stereocenters. The summed E-state index contributed by atoms with van der Waals surface area (Å²) in [6, 6.07) is 7.29. The van der Waals surface area contributed by atoms with E-state index in [-0.39, 0.29) is 23.7 Å². The molecule has 0 N–H and O–H groups in total. The Labute approximate surface area is 187 Å². The highest BCUT2D eigenvalue weighted by Crippen LogP contribution is 2.26. The van der Waals surface area contributed by atoms with Gasteiger partial charge in [-0.15, -0.1) is 0 Å². The Morgan fingerprint density at radius 1 is 1.16 bits per heavy atom. The second-order valence-electron chi connectivity index (χ2n) is 8.43. The third-order valence-electron chi connectivity index (χ3n) is 6.28. The summed E-state index contributed by atoms with van der Waals surface area (Å²) in [5, 5.41) is 0. The van der Waals surface area contributed by atoms with Crippen LogP contribution in [0.15, 0.2) is 47.3 Å². The monoisotopic (exact) mass is 440 g/mol. The molecule has 0 saturated carbocycles.